The van der Waals surface area contributed by atoms with Gasteiger partial charge < -0.3 is 4.57 Å². The van der Waals surface area contributed by atoms with Gasteiger partial charge in [-0.05, 0) is 59.9 Å². The normalized spacial score (nSPS) is 13.7. The Hall–Kier alpha value is -2.47. The van der Waals surface area contributed by atoms with Gasteiger partial charge in [-0.3, -0.25) is 4.99 Å². The maximum Gasteiger partial charge on any atom is 0.177 e. The smallest absolute Gasteiger partial charge is 0.177 e. The van der Waals surface area contributed by atoms with Crippen molar-refractivity contribution in [3.05, 3.63) is 58.5 Å². The van der Waals surface area contributed by atoms with Gasteiger partial charge in [0.15, 0.2) is 9.84 Å². The molecule has 0 spiro atoms. The van der Waals surface area contributed by atoms with Crippen LogP contribution in [-0.2, 0) is 16.4 Å². The Bertz CT molecular complexity index is 1220. The highest BCUT2D eigenvalue weighted by molar-refractivity contribution is 7.91. The minimum atomic E-state index is -3.46. The van der Waals surface area contributed by atoms with Crippen LogP contribution >= 0.6 is 0 Å². The summed E-state index contributed by atoms with van der Waals surface area (Å²) >= 11 is 0. The van der Waals surface area contributed by atoms with E-state index >= 15 is 0 Å². The molecule has 0 fully saturated rings. The average Bonchev–Trinajstić information content (AvgIpc) is 3.16. The second-order valence-electron chi connectivity index (χ2n) is 7.45. The van der Waals surface area contributed by atoms with Gasteiger partial charge in [0, 0.05) is 29.2 Å². The Morgan fingerprint density at radius 3 is 2.56 bits per heavy atom. The molecule has 0 saturated carbocycles. The molecule has 1 aliphatic rings. The molecule has 0 saturated heterocycles. The molecule has 2 heterocycles. The number of aryl methyl sites for hydroxylation is 1. The average molecular weight is 384 g/mol. The predicted octanol–water partition coefficient (Wildman–Crippen LogP) is 4.54. The SMILES string of the molecule is Cc1cc(-n2c(C(C)C)c(S(C)(=O)=O)c3cc4c(cc32)C=NC4)ccc1F. The number of sulfone groups is 1. The summed E-state index contributed by atoms with van der Waals surface area (Å²) in [5.74, 6) is -0.311. The summed E-state index contributed by atoms with van der Waals surface area (Å²) in [6.07, 6.45) is 3.06. The van der Waals surface area contributed by atoms with Gasteiger partial charge in [0.25, 0.3) is 0 Å². The number of fused-ring (bicyclic) bond motifs is 2. The zero-order chi connectivity index (χ0) is 19.5. The molecule has 1 aliphatic heterocycles. The van der Waals surface area contributed by atoms with E-state index in [9.17, 15) is 12.8 Å². The van der Waals surface area contributed by atoms with Crippen molar-refractivity contribution in [3.63, 3.8) is 0 Å². The summed E-state index contributed by atoms with van der Waals surface area (Å²) in [4.78, 5) is 4.65. The van der Waals surface area contributed by atoms with Crippen LogP contribution in [0.4, 0.5) is 4.39 Å². The van der Waals surface area contributed by atoms with Crippen LogP contribution in [0.5, 0.6) is 0 Å². The van der Waals surface area contributed by atoms with Gasteiger partial charge >= 0.3 is 0 Å². The monoisotopic (exact) mass is 384 g/mol. The third kappa shape index (κ3) is 2.79. The van der Waals surface area contributed by atoms with Crippen molar-refractivity contribution in [1.82, 2.24) is 4.57 Å². The van der Waals surface area contributed by atoms with E-state index in [1.54, 1.807) is 19.1 Å². The number of aliphatic imine (C=N–C) groups is 1. The number of hydrogen-bond acceptors (Lipinski definition) is 3. The maximum absolute atomic E-state index is 13.8. The van der Waals surface area contributed by atoms with Crippen molar-refractivity contribution in [2.45, 2.75) is 38.1 Å². The zero-order valence-corrected chi connectivity index (χ0v) is 16.6. The molecule has 0 amide bonds. The summed E-state index contributed by atoms with van der Waals surface area (Å²) in [5.41, 5.74) is 4.82. The molecule has 0 atom stereocenters. The van der Waals surface area contributed by atoms with Crippen LogP contribution in [0.15, 0.2) is 40.2 Å². The van der Waals surface area contributed by atoms with Gasteiger partial charge in [0.05, 0.1) is 17.0 Å². The predicted molar refractivity (Wildman–Crippen MR) is 106 cm³/mol. The van der Waals surface area contributed by atoms with E-state index in [2.05, 4.69) is 4.99 Å². The van der Waals surface area contributed by atoms with Crippen LogP contribution in [0.3, 0.4) is 0 Å². The lowest BCUT2D eigenvalue weighted by molar-refractivity contribution is 0.599. The molecule has 0 bridgehead atoms. The summed E-state index contributed by atoms with van der Waals surface area (Å²) in [6, 6.07) is 8.80. The summed E-state index contributed by atoms with van der Waals surface area (Å²) < 4.78 is 41.3. The molecule has 140 valence electrons. The highest BCUT2D eigenvalue weighted by Gasteiger charge is 2.28. The van der Waals surface area contributed by atoms with Gasteiger partial charge in [0.2, 0.25) is 0 Å². The van der Waals surface area contributed by atoms with E-state index < -0.39 is 9.84 Å². The third-order valence-electron chi connectivity index (χ3n) is 5.03. The van der Waals surface area contributed by atoms with Crippen molar-refractivity contribution in [1.29, 1.82) is 0 Å². The molecule has 4 rings (SSSR count). The van der Waals surface area contributed by atoms with Crippen LogP contribution in [0.25, 0.3) is 16.6 Å². The van der Waals surface area contributed by atoms with Gasteiger partial charge in [-0.15, -0.1) is 0 Å². The van der Waals surface area contributed by atoms with Crippen LogP contribution < -0.4 is 0 Å². The number of benzene rings is 2. The van der Waals surface area contributed by atoms with Crippen molar-refractivity contribution >= 4 is 27.0 Å². The third-order valence-corrected chi connectivity index (χ3v) is 6.20. The fraction of sp³-hybridized carbons (Fsp3) is 0.286. The van der Waals surface area contributed by atoms with E-state index in [1.807, 2.05) is 36.8 Å². The number of nitrogens with zero attached hydrogens (tertiary/aromatic N) is 2. The lowest BCUT2D eigenvalue weighted by Gasteiger charge is -2.15. The number of hydrogen-bond donors (Lipinski definition) is 0. The van der Waals surface area contributed by atoms with Crippen molar-refractivity contribution in [3.8, 4) is 5.69 Å². The number of rotatable bonds is 3. The Labute approximate surface area is 158 Å². The molecule has 6 heteroatoms. The first-order valence-corrected chi connectivity index (χ1v) is 10.7. The summed E-state index contributed by atoms with van der Waals surface area (Å²) in [7, 11) is -3.46. The topological polar surface area (TPSA) is 51.4 Å². The fourth-order valence-electron chi connectivity index (χ4n) is 3.84. The first-order chi connectivity index (χ1) is 12.7. The lowest BCUT2D eigenvalue weighted by Crippen LogP contribution is -2.07. The Kier molecular flexibility index (Phi) is 4.00. The summed E-state index contributed by atoms with van der Waals surface area (Å²) in [5, 5.41) is 0.701. The van der Waals surface area contributed by atoms with Gasteiger partial charge in [-0.1, -0.05) is 13.8 Å². The van der Waals surface area contributed by atoms with E-state index in [1.165, 1.54) is 12.3 Å². The zero-order valence-electron chi connectivity index (χ0n) is 15.7. The minimum Gasteiger partial charge on any atom is -0.312 e. The Morgan fingerprint density at radius 1 is 1.19 bits per heavy atom. The van der Waals surface area contributed by atoms with Gasteiger partial charge in [-0.25, -0.2) is 12.8 Å². The molecule has 0 radical (unpaired) electrons. The van der Waals surface area contributed by atoms with Crippen LogP contribution in [0, 0.1) is 12.7 Å². The maximum atomic E-state index is 13.8. The molecule has 1 aromatic heterocycles. The van der Waals surface area contributed by atoms with Crippen LogP contribution in [0.2, 0.25) is 0 Å². The summed E-state index contributed by atoms with van der Waals surface area (Å²) in [6.45, 7) is 6.23. The largest absolute Gasteiger partial charge is 0.312 e. The first kappa shape index (κ1) is 17.9. The molecule has 0 aliphatic carbocycles. The molecule has 27 heavy (non-hydrogen) atoms. The van der Waals surface area contributed by atoms with E-state index in [4.69, 9.17) is 0 Å². The first-order valence-electron chi connectivity index (χ1n) is 8.86. The van der Waals surface area contributed by atoms with E-state index in [0.29, 0.717) is 22.4 Å². The van der Waals surface area contributed by atoms with Gasteiger partial charge in [-0.2, -0.15) is 0 Å². The van der Waals surface area contributed by atoms with E-state index in [-0.39, 0.29) is 11.7 Å². The molecule has 3 aromatic rings. The van der Waals surface area contributed by atoms with E-state index in [0.717, 1.165) is 28.0 Å². The Morgan fingerprint density at radius 2 is 1.93 bits per heavy atom. The Balaban J connectivity index is 2.20. The molecule has 0 unspecified atom stereocenters. The van der Waals surface area contributed by atoms with Gasteiger partial charge in [0.1, 0.15) is 5.82 Å². The molecule has 2 aromatic carbocycles. The quantitative estimate of drug-likeness (QED) is 0.666. The minimum absolute atomic E-state index is 0.0315. The van der Waals surface area contributed by atoms with Crippen molar-refractivity contribution < 1.29 is 12.8 Å². The fourth-order valence-corrected chi connectivity index (χ4v) is 5.11. The second kappa shape index (κ2) is 6.02. The lowest BCUT2D eigenvalue weighted by atomic mass is 10.1. The van der Waals surface area contributed by atoms with Crippen molar-refractivity contribution in [2.75, 3.05) is 6.26 Å². The second-order valence-corrected chi connectivity index (χ2v) is 9.40. The number of halogens is 1. The highest BCUT2D eigenvalue weighted by atomic mass is 32.2. The molecule has 0 N–H and O–H groups in total. The van der Waals surface area contributed by atoms with Crippen LogP contribution in [0.1, 0.15) is 42.1 Å². The van der Waals surface area contributed by atoms with Crippen molar-refractivity contribution in [2.24, 2.45) is 4.99 Å². The molecule has 4 nitrogen and oxygen atoms in total. The molecular formula is C21H21FN2O2S. The highest BCUT2D eigenvalue weighted by Crippen LogP contribution is 2.39. The standard InChI is InChI=1S/C21H21FN2O2S/c1-12(2)20-21(27(4,25)26)17-8-14-10-23-11-15(14)9-19(17)24(20)16-5-6-18(22)13(3)7-16/h5-9,11-12H,10H2,1-4H3. The number of aromatic nitrogens is 1. The molecular weight excluding hydrogens is 363 g/mol. The van der Waals surface area contributed by atoms with Crippen LogP contribution in [-0.4, -0.2) is 25.5 Å².